The second kappa shape index (κ2) is 7.16. The SMILES string of the molecule is NC(=O)[C@@H]1CCCN1S(=O)(=O)CCCCN1C(=O)c2ccccc2C1=O. The first kappa shape index (κ1) is 18.5. The minimum Gasteiger partial charge on any atom is -0.368 e. The molecule has 0 radical (unpaired) electrons. The van der Waals surface area contributed by atoms with E-state index in [0.717, 1.165) is 4.90 Å². The molecule has 0 bridgehead atoms. The number of sulfonamides is 1. The van der Waals surface area contributed by atoms with E-state index >= 15 is 0 Å². The first-order valence-corrected chi connectivity index (χ1v) is 10.2. The highest BCUT2D eigenvalue weighted by Crippen LogP contribution is 2.24. The summed E-state index contributed by atoms with van der Waals surface area (Å²) in [5.41, 5.74) is 6.03. The Labute approximate surface area is 152 Å². The van der Waals surface area contributed by atoms with Gasteiger partial charge in [-0.2, -0.15) is 4.31 Å². The molecule has 1 fully saturated rings. The van der Waals surface area contributed by atoms with Gasteiger partial charge in [0.05, 0.1) is 16.9 Å². The topological polar surface area (TPSA) is 118 Å². The van der Waals surface area contributed by atoms with Gasteiger partial charge in [0, 0.05) is 13.1 Å². The number of fused-ring (bicyclic) bond motifs is 1. The molecule has 26 heavy (non-hydrogen) atoms. The Balaban J connectivity index is 1.54. The summed E-state index contributed by atoms with van der Waals surface area (Å²) in [5.74, 6) is -1.46. The molecule has 0 spiro atoms. The molecule has 3 amide bonds. The summed E-state index contributed by atoms with van der Waals surface area (Å²) in [6.45, 7) is 0.468. The van der Waals surface area contributed by atoms with Crippen molar-refractivity contribution in [3.63, 3.8) is 0 Å². The van der Waals surface area contributed by atoms with E-state index in [1.54, 1.807) is 24.3 Å². The summed E-state index contributed by atoms with van der Waals surface area (Å²) in [6, 6.07) is 5.85. The van der Waals surface area contributed by atoms with E-state index in [0.29, 0.717) is 36.9 Å². The highest BCUT2D eigenvalue weighted by molar-refractivity contribution is 7.89. The normalized spacial score (nSPS) is 20.6. The highest BCUT2D eigenvalue weighted by atomic mass is 32.2. The van der Waals surface area contributed by atoms with E-state index in [1.165, 1.54) is 4.31 Å². The quantitative estimate of drug-likeness (QED) is 0.541. The molecule has 0 saturated carbocycles. The summed E-state index contributed by atoms with van der Waals surface area (Å²) in [6.07, 6.45) is 1.73. The maximum absolute atomic E-state index is 12.4. The fraction of sp³-hybridized carbons (Fsp3) is 0.471. The van der Waals surface area contributed by atoms with E-state index in [-0.39, 0.29) is 30.5 Å². The zero-order valence-corrected chi connectivity index (χ0v) is 15.1. The number of nitrogens with two attached hydrogens (primary N) is 1. The van der Waals surface area contributed by atoms with Crippen LogP contribution in [0.5, 0.6) is 0 Å². The molecule has 8 nitrogen and oxygen atoms in total. The number of unbranched alkanes of at least 4 members (excludes halogenated alkanes) is 1. The maximum atomic E-state index is 12.4. The van der Waals surface area contributed by atoms with Gasteiger partial charge in [-0.3, -0.25) is 19.3 Å². The van der Waals surface area contributed by atoms with Crippen LogP contribution in [0.4, 0.5) is 0 Å². The van der Waals surface area contributed by atoms with Gasteiger partial charge in [-0.1, -0.05) is 12.1 Å². The molecule has 0 unspecified atom stereocenters. The Bertz CT molecular complexity index is 817. The van der Waals surface area contributed by atoms with Crippen molar-refractivity contribution >= 4 is 27.7 Å². The van der Waals surface area contributed by atoms with Crippen molar-refractivity contribution in [1.29, 1.82) is 0 Å². The van der Waals surface area contributed by atoms with Crippen molar-refractivity contribution in [3.8, 4) is 0 Å². The van der Waals surface area contributed by atoms with Crippen LogP contribution < -0.4 is 5.73 Å². The maximum Gasteiger partial charge on any atom is 0.261 e. The van der Waals surface area contributed by atoms with Crippen molar-refractivity contribution < 1.29 is 22.8 Å². The van der Waals surface area contributed by atoms with E-state index in [4.69, 9.17) is 5.73 Å². The summed E-state index contributed by atoms with van der Waals surface area (Å²) in [4.78, 5) is 37.0. The Morgan fingerprint density at radius 1 is 1.12 bits per heavy atom. The summed E-state index contributed by atoms with van der Waals surface area (Å²) in [7, 11) is -3.59. The Hall–Kier alpha value is -2.26. The van der Waals surface area contributed by atoms with Crippen molar-refractivity contribution in [1.82, 2.24) is 9.21 Å². The Morgan fingerprint density at radius 2 is 1.73 bits per heavy atom. The second-order valence-corrected chi connectivity index (χ2v) is 8.54. The summed E-state index contributed by atoms with van der Waals surface area (Å²) < 4.78 is 26.0. The van der Waals surface area contributed by atoms with E-state index in [1.807, 2.05) is 0 Å². The zero-order valence-electron chi connectivity index (χ0n) is 14.3. The third-order valence-corrected chi connectivity index (χ3v) is 6.76. The lowest BCUT2D eigenvalue weighted by Gasteiger charge is -2.21. The Kier molecular flexibility index (Phi) is 5.10. The smallest absolute Gasteiger partial charge is 0.261 e. The Morgan fingerprint density at radius 3 is 2.31 bits per heavy atom. The van der Waals surface area contributed by atoms with Gasteiger partial charge in [0.1, 0.15) is 6.04 Å². The molecule has 2 aliphatic rings. The van der Waals surface area contributed by atoms with Crippen LogP contribution in [0, 0.1) is 0 Å². The van der Waals surface area contributed by atoms with Crippen LogP contribution in [0.3, 0.4) is 0 Å². The van der Waals surface area contributed by atoms with Gasteiger partial charge in [0.25, 0.3) is 11.8 Å². The van der Waals surface area contributed by atoms with Gasteiger partial charge < -0.3 is 5.73 Å². The molecule has 140 valence electrons. The van der Waals surface area contributed by atoms with Crippen LogP contribution in [0.2, 0.25) is 0 Å². The average molecular weight is 379 g/mol. The third-order valence-electron chi connectivity index (χ3n) is 4.80. The molecule has 0 aromatic heterocycles. The third kappa shape index (κ3) is 3.36. The van der Waals surface area contributed by atoms with Crippen LogP contribution in [0.15, 0.2) is 24.3 Å². The summed E-state index contributed by atoms with van der Waals surface area (Å²) in [5, 5.41) is 0. The largest absolute Gasteiger partial charge is 0.368 e. The van der Waals surface area contributed by atoms with E-state index < -0.39 is 22.0 Å². The molecule has 1 saturated heterocycles. The number of hydrogen-bond acceptors (Lipinski definition) is 5. The van der Waals surface area contributed by atoms with Crippen molar-refractivity contribution in [2.45, 2.75) is 31.7 Å². The van der Waals surface area contributed by atoms with Crippen LogP contribution >= 0.6 is 0 Å². The van der Waals surface area contributed by atoms with Gasteiger partial charge in [0.15, 0.2) is 0 Å². The molecule has 2 heterocycles. The van der Waals surface area contributed by atoms with E-state index in [9.17, 15) is 22.8 Å². The fourth-order valence-electron chi connectivity index (χ4n) is 3.47. The fourth-order valence-corrected chi connectivity index (χ4v) is 5.28. The molecule has 1 atom stereocenters. The lowest BCUT2D eigenvalue weighted by molar-refractivity contribution is -0.121. The predicted octanol–water partition coefficient (Wildman–Crippen LogP) is 0.342. The van der Waals surface area contributed by atoms with Crippen molar-refractivity contribution in [2.24, 2.45) is 5.73 Å². The predicted molar refractivity (Wildman–Crippen MR) is 93.8 cm³/mol. The lowest BCUT2D eigenvalue weighted by atomic mass is 10.1. The van der Waals surface area contributed by atoms with E-state index in [2.05, 4.69) is 0 Å². The number of amides is 3. The minimum atomic E-state index is -3.59. The number of nitrogens with zero attached hydrogens (tertiary/aromatic N) is 2. The molecule has 1 aromatic carbocycles. The number of benzene rings is 1. The lowest BCUT2D eigenvalue weighted by Crippen LogP contribution is -2.44. The number of carbonyl (C=O) groups is 3. The van der Waals surface area contributed by atoms with Gasteiger partial charge in [0.2, 0.25) is 15.9 Å². The minimum absolute atomic E-state index is 0.139. The molecular weight excluding hydrogens is 358 g/mol. The molecule has 9 heteroatoms. The van der Waals surface area contributed by atoms with Crippen LogP contribution in [-0.2, 0) is 14.8 Å². The summed E-state index contributed by atoms with van der Waals surface area (Å²) >= 11 is 0. The molecule has 3 rings (SSSR count). The monoisotopic (exact) mass is 379 g/mol. The van der Waals surface area contributed by atoms with Crippen LogP contribution in [0.25, 0.3) is 0 Å². The second-order valence-electron chi connectivity index (χ2n) is 6.50. The number of carbonyl (C=O) groups excluding carboxylic acids is 3. The average Bonchev–Trinajstić information content (AvgIpc) is 3.19. The van der Waals surface area contributed by atoms with Gasteiger partial charge in [-0.15, -0.1) is 0 Å². The number of primary amides is 1. The standard InChI is InChI=1S/C17H21N3O5S/c18-15(21)14-8-5-10-20(14)26(24,25)11-4-3-9-19-16(22)12-6-1-2-7-13(12)17(19)23/h1-2,6-7,14H,3-5,8-11H2,(H2,18,21)/t14-/m0/s1. The van der Waals surface area contributed by atoms with Crippen molar-refractivity contribution in [3.05, 3.63) is 35.4 Å². The van der Waals surface area contributed by atoms with Crippen molar-refractivity contribution in [2.75, 3.05) is 18.8 Å². The molecular formula is C17H21N3O5S. The van der Waals surface area contributed by atoms with Gasteiger partial charge in [-0.05, 0) is 37.8 Å². The molecule has 1 aromatic rings. The zero-order chi connectivity index (χ0) is 18.9. The number of imide groups is 1. The van der Waals surface area contributed by atoms with Gasteiger partial charge >= 0.3 is 0 Å². The van der Waals surface area contributed by atoms with Crippen LogP contribution in [0.1, 0.15) is 46.4 Å². The molecule has 2 N–H and O–H groups in total. The van der Waals surface area contributed by atoms with Crippen LogP contribution in [-0.4, -0.2) is 60.2 Å². The first-order chi connectivity index (χ1) is 12.3. The first-order valence-electron chi connectivity index (χ1n) is 8.57. The molecule has 2 aliphatic heterocycles. The highest BCUT2D eigenvalue weighted by Gasteiger charge is 2.37. The van der Waals surface area contributed by atoms with Gasteiger partial charge in [-0.25, -0.2) is 8.42 Å². The number of hydrogen-bond donors (Lipinski definition) is 1. The molecule has 0 aliphatic carbocycles. The number of rotatable bonds is 7.